The monoisotopic (exact) mass is 476 g/mol. The van der Waals surface area contributed by atoms with Crippen LogP contribution in [0.25, 0.3) is 5.95 Å². The number of hydrogen-bond donors (Lipinski definition) is 1. The maximum Gasteiger partial charge on any atom is 0.416 e. The first kappa shape index (κ1) is 23.5. The Labute approximate surface area is 193 Å². The number of nitrogens with zero attached hydrogens (tertiary/aromatic N) is 5. The second kappa shape index (κ2) is 9.67. The first-order valence-corrected chi connectivity index (χ1v) is 10.6. The zero-order valence-electron chi connectivity index (χ0n) is 18.6. The lowest BCUT2D eigenvalue weighted by molar-refractivity contribution is -0.137. The summed E-state index contributed by atoms with van der Waals surface area (Å²) in [7, 11) is 0. The molecule has 0 unspecified atom stereocenters. The van der Waals surface area contributed by atoms with Gasteiger partial charge in [-0.3, -0.25) is 0 Å². The zero-order chi connectivity index (χ0) is 24.3. The van der Waals surface area contributed by atoms with E-state index in [1.807, 2.05) is 11.8 Å². The highest BCUT2D eigenvalue weighted by molar-refractivity contribution is 5.96. The highest BCUT2D eigenvalue weighted by Crippen LogP contribution is 2.37. The van der Waals surface area contributed by atoms with Gasteiger partial charge in [-0.1, -0.05) is 0 Å². The van der Waals surface area contributed by atoms with E-state index in [-0.39, 0.29) is 29.6 Å². The van der Waals surface area contributed by atoms with Gasteiger partial charge >= 0.3 is 12.1 Å². The molecule has 1 aliphatic heterocycles. The fourth-order valence-corrected chi connectivity index (χ4v) is 3.48. The summed E-state index contributed by atoms with van der Waals surface area (Å²) in [4.78, 5) is 23.0. The van der Waals surface area contributed by atoms with Crippen LogP contribution in [0.4, 0.5) is 30.4 Å². The van der Waals surface area contributed by atoms with E-state index in [1.165, 1.54) is 16.9 Å². The van der Waals surface area contributed by atoms with Crippen LogP contribution >= 0.6 is 0 Å². The molecule has 12 heteroatoms. The number of anilines is 3. The van der Waals surface area contributed by atoms with Gasteiger partial charge in [0.25, 0.3) is 5.95 Å². The molecule has 0 atom stereocenters. The molecular formula is C22H23F3N6O3. The zero-order valence-corrected chi connectivity index (χ0v) is 18.6. The molecule has 9 nitrogen and oxygen atoms in total. The Morgan fingerprint density at radius 2 is 2.00 bits per heavy atom. The molecule has 2 aromatic heterocycles. The second-order valence-corrected chi connectivity index (χ2v) is 7.57. The number of benzene rings is 1. The minimum atomic E-state index is -4.55. The third-order valence-corrected chi connectivity index (χ3v) is 5.12. The van der Waals surface area contributed by atoms with Crippen molar-refractivity contribution in [2.75, 3.05) is 43.1 Å². The third kappa shape index (κ3) is 5.11. The SMILES string of the molecule is CCOC(=O)c1cnc(-n2cc(C)cn2)nc1Nc1cc(C(F)(F)F)ccc1N1CCOCC1. The molecule has 0 bridgehead atoms. The number of ether oxygens (including phenoxy) is 2. The number of hydrogen-bond acceptors (Lipinski definition) is 8. The molecule has 1 aliphatic rings. The molecule has 0 saturated carbocycles. The van der Waals surface area contributed by atoms with Crippen molar-refractivity contribution in [2.45, 2.75) is 20.0 Å². The van der Waals surface area contributed by atoms with E-state index < -0.39 is 17.7 Å². The molecule has 34 heavy (non-hydrogen) atoms. The fourth-order valence-electron chi connectivity index (χ4n) is 3.48. The van der Waals surface area contributed by atoms with Crippen molar-refractivity contribution in [1.29, 1.82) is 0 Å². The summed E-state index contributed by atoms with van der Waals surface area (Å²) in [6, 6.07) is 3.43. The van der Waals surface area contributed by atoms with Gasteiger partial charge in [0.2, 0.25) is 0 Å². The Morgan fingerprint density at radius 3 is 2.65 bits per heavy atom. The van der Waals surface area contributed by atoms with Gasteiger partial charge in [0.05, 0.1) is 43.0 Å². The van der Waals surface area contributed by atoms with Gasteiger partial charge in [0.15, 0.2) is 5.82 Å². The lowest BCUT2D eigenvalue weighted by Crippen LogP contribution is -2.36. The lowest BCUT2D eigenvalue weighted by Gasteiger charge is -2.31. The van der Waals surface area contributed by atoms with Crippen molar-refractivity contribution < 1.29 is 27.4 Å². The minimum Gasteiger partial charge on any atom is -0.462 e. The fraction of sp³-hybridized carbons (Fsp3) is 0.364. The number of carbonyl (C=O) groups excluding carboxylic acids is 1. The Hall–Kier alpha value is -3.67. The summed E-state index contributed by atoms with van der Waals surface area (Å²) in [6.07, 6.45) is 0.0146. The number of aryl methyl sites for hydroxylation is 1. The van der Waals surface area contributed by atoms with E-state index in [2.05, 4.69) is 20.4 Å². The molecule has 1 N–H and O–H groups in total. The normalized spacial score (nSPS) is 14.2. The predicted octanol–water partition coefficient (Wildman–Crippen LogP) is 3.75. The Morgan fingerprint density at radius 1 is 1.24 bits per heavy atom. The van der Waals surface area contributed by atoms with Gasteiger partial charge in [-0.2, -0.15) is 23.3 Å². The van der Waals surface area contributed by atoms with Crippen LogP contribution in [0.2, 0.25) is 0 Å². The highest BCUT2D eigenvalue weighted by atomic mass is 19.4. The van der Waals surface area contributed by atoms with E-state index in [4.69, 9.17) is 9.47 Å². The molecule has 0 aliphatic carbocycles. The van der Waals surface area contributed by atoms with Crippen LogP contribution in [0.15, 0.2) is 36.8 Å². The number of halogens is 3. The molecule has 1 saturated heterocycles. The molecule has 0 amide bonds. The third-order valence-electron chi connectivity index (χ3n) is 5.12. The number of carbonyl (C=O) groups is 1. The van der Waals surface area contributed by atoms with Crippen molar-refractivity contribution >= 4 is 23.2 Å². The maximum absolute atomic E-state index is 13.5. The molecule has 180 valence electrons. The summed E-state index contributed by atoms with van der Waals surface area (Å²) in [6.45, 7) is 5.51. The number of esters is 1. The topological polar surface area (TPSA) is 94.4 Å². The number of nitrogens with one attached hydrogen (secondary N) is 1. The van der Waals surface area contributed by atoms with Crippen molar-refractivity contribution in [3.05, 3.63) is 53.5 Å². The molecular weight excluding hydrogens is 453 g/mol. The van der Waals surface area contributed by atoms with E-state index in [1.54, 1.807) is 19.3 Å². The summed E-state index contributed by atoms with van der Waals surface area (Å²) in [5.41, 5.74) is 0.686. The predicted molar refractivity (Wildman–Crippen MR) is 118 cm³/mol. The molecule has 3 heterocycles. The highest BCUT2D eigenvalue weighted by Gasteiger charge is 2.32. The van der Waals surface area contributed by atoms with Gasteiger partial charge in [-0.15, -0.1) is 0 Å². The molecule has 0 radical (unpaired) electrons. The van der Waals surface area contributed by atoms with Gasteiger partial charge in [0.1, 0.15) is 5.56 Å². The van der Waals surface area contributed by atoms with Crippen LogP contribution < -0.4 is 10.2 Å². The van der Waals surface area contributed by atoms with Gasteiger partial charge in [0, 0.05) is 25.5 Å². The van der Waals surface area contributed by atoms with Crippen molar-refractivity contribution in [1.82, 2.24) is 19.7 Å². The van der Waals surface area contributed by atoms with E-state index in [0.29, 0.717) is 32.0 Å². The van der Waals surface area contributed by atoms with E-state index in [0.717, 1.165) is 17.7 Å². The Balaban J connectivity index is 1.80. The summed E-state index contributed by atoms with van der Waals surface area (Å²) in [5, 5.41) is 7.09. The molecule has 0 spiro atoms. The Kier molecular flexibility index (Phi) is 6.68. The van der Waals surface area contributed by atoms with Crippen LogP contribution in [0.5, 0.6) is 0 Å². The van der Waals surface area contributed by atoms with Crippen LogP contribution in [0.3, 0.4) is 0 Å². The summed E-state index contributed by atoms with van der Waals surface area (Å²) < 4.78 is 52.4. The number of morpholine rings is 1. The maximum atomic E-state index is 13.5. The molecule has 1 aromatic carbocycles. The van der Waals surface area contributed by atoms with E-state index >= 15 is 0 Å². The largest absolute Gasteiger partial charge is 0.462 e. The molecule has 3 aromatic rings. The van der Waals surface area contributed by atoms with Gasteiger partial charge in [-0.05, 0) is 37.6 Å². The van der Waals surface area contributed by atoms with Crippen LogP contribution in [0, 0.1) is 6.92 Å². The smallest absolute Gasteiger partial charge is 0.416 e. The molecule has 4 rings (SSSR count). The first-order valence-electron chi connectivity index (χ1n) is 10.6. The standard InChI is InChI=1S/C22H23F3N6O3/c1-3-34-20(32)16-12-26-21(31-13-14(2)11-27-31)29-19(16)28-17-10-15(22(23,24)25)4-5-18(17)30-6-8-33-9-7-30/h4-5,10-13H,3,6-9H2,1-2H3,(H,26,28,29). The van der Waals surface area contributed by atoms with Crippen LogP contribution in [0.1, 0.15) is 28.4 Å². The quantitative estimate of drug-likeness (QED) is 0.538. The van der Waals surface area contributed by atoms with Crippen LogP contribution in [-0.4, -0.2) is 58.6 Å². The Bertz CT molecular complexity index is 1170. The van der Waals surface area contributed by atoms with Crippen molar-refractivity contribution in [3.63, 3.8) is 0 Å². The molecule has 1 fully saturated rings. The van der Waals surface area contributed by atoms with Crippen LogP contribution in [-0.2, 0) is 15.7 Å². The average molecular weight is 476 g/mol. The summed E-state index contributed by atoms with van der Waals surface area (Å²) in [5.74, 6) is -0.554. The van der Waals surface area contributed by atoms with E-state index in [9.17, 15) is 18.0 Å². The van der Waals surface area contributed by atoms with Gasteiger partial charge < -0.3 is 19.7 Å². The van der Waals surface area contributed by atoms with Crippen molar-refractivity contribution in [3.8, 4) is 5.95 Å². The minimum absolute atomic E-state index is 0.00503. The van der Waals surface area contributed by atoms with Gasteiger partial charge in [-0.25, -0.2) is 14.5 Å². The van der Waals surface area contributed by atoms with Crippen molar-refractivity contribution in [2.24, 2.45) is 0 Å². The number of aromatic nitrogens is 4. The lowest BCUT2D eigenvalue weighted by atomic mass is 10.1. The number of rotatable bonds is 6. The summed E-state index contributed by atoms with van der Waals surface area (Å²) >= 11 is 0. The average Bonchev–Trinajstić information content (AvgIpc) is 3.25. The first-order chi connectivity index (χ1) is 16.3. The number of alkyl halides is 3. The second-order valence-electron chi connectivity index (χ2n) is 7.57.